The number of benzene rings is 1. The molecule has 0 aliphatic heterocycles. The van der Waals surface area contributed by atoms with Crippen LogP contribution in [0.1, 0.15) is 49.7 Å². The molecule has 0 aromatic heterocycles. The highest BCUT2D eigenvalue weighted by molar-refractivity contribution is 7.90. The normalized spacial score (nSPS) is 31.4. The van der Waals surface area contributed by atoms with Crippen molar-refractivity contribution < 1.29 is 34.2 Å². The van der Waals surface area contributed by atoms with Gasteiger partial charge >= 0.3 is 15.6 Å². The maximum atomic E-state index is 12.8. The molecular weight excluding hydrogens is 441 g/mol. The van der Waals surface area contributed by atoms with E-state index in [1.807, 2.05) is 6.07 Å². The van der Waals surface area contributed by atoms with Gasteiger partial charge in [0.25, 0.3) is 0 Å². The predicted molar refractivity (Wildman–Crippen MR) is 104 cm³/mol. The number of alkyl halides is 3. The van der Waals surface area contributed by atoms with Gasteiger partial charge in [-0.05, 0) is 79.2 Å². The van der Waals surface area contributed by atoms with Crippen LogP contribution in [0.4, 0.5) is 13.2 Å². The summed E-state index contributed by atoms with van der Waals surface area (Å²) < 4.78 is 89.8. The smallest absolute Gasteiger partial charge is 0.380 e. The molecule has 0 amide bonds. The molecule has 1 aromatic carbocycles. The number of halogens is 3. The maximum Gasteiger partial charge on any atom is 0.534 e. The second-order valence-electron chi connectivity index (χ2n) is 8.79. The molecule has 0 spiro atoms. The Kier molecular flexibility index (Phi) is 4.86. The van der Waals surface area contributed by atoms with Crippen LogP contribution in [0.3, 0.4) is 0 Å². The van der Waals surface area contributed by atoms with Gasteiger partial charge in [-0.15, -0.1) is 0 Å². The third-order valence-corrected chi connectivity index (χ3v) is 9.19. The summed E-state index contributed by atoms with van der Waals surface area (Å²) in [6.07, 6.45) is 5.78. The molecule has 0 bridgehead atoms. The molecule has 5 nitrogen and oxygen atoms in total. The lowest BCUT2D eigenvalue weighted by Gasteiger charge is -2.49. The highest BCUT2D eigenvalue weighted by atomic mass is 32.2. The van der Waals surface area contributed by atoms with E-state index in [2.05, 4.69) is 4.18 Å². The first kappa shape index (κ1) is 21.7. The molecule has 3 aliphatic carbocycles. The third kappa shape index (κ3) is 3.36. The van der Waals surface area contributed by atoms with Gasteiger partial charge in [0.1, 0.15) is 5.76 Å². The van der Waals surface area contributed by atoms with Crippen molar-refractivity contribution in [1.82, 2.24) is 0 Å². The van der Waals surface area contributed by atoms with Crippen LogP contribution in [0.25, 0.3) is 0 Å². The van der Waals surface area contributed by atoms with E-state index in [0.717, 1.165) is 17.5 Å². The van der Waals surface area contributed by atoms with Crippen LogP contribution < -0.4 is 0 Å². The summed E-state index contributed by atoms with van der Waals surface area (Å²) in [5.41, 5.74) is -4.12. The first-order chi connectivity index (χ1) is 13.7. The summed E-state index contributed by atoms with van der Waals surface area (Å²) in [4.78, 5) is 0.288. The van der Waals surface area contributed by atoms with Crippen LogP contribution in [-0.4, -0.2) is 28.6 Å². The minimum atomic E-state index is -5.69. The van der Waals surface area contributed by atoms with Crippen LogP contribution in [0.15, 0.2) is 34.9 Å². The Bertz CT molecular complexity index is 1120. The molecule has 3 aliphatic rings. The fraction of sp³-hybridized carbons (Fsp3) is 0.600. The molecule has 0 radical (unpaired) electrons. The Hall–Kier alpha value is -1.55. The molecule has 0 unspecified atom stereocenters. The summed E-state index contributed by atoms with van der Waals surface area (Å²) in [6.45, 7) is 1.79. The average Bonchev–Trinajstić information content (AvgIpc) is 2.95. The Morgan fingerprint density at radius 1 is 1.13 bits per heavy atom. The molecule has 0 saturated heterocycles. The molecule has 1 aromatic rings. The number of hydrogen-bond donors (Lipinski definition) is 0. The van der Waals surface area contributed by atoms with Crippen LogP contribution in [0.2, 0.25) is 0 Å². The zero-order valence-electron chi connectivity index (χ0n) is 16.6. The first-order valence-electron chi connectivity index (χ1n) is 9.78. The van der Waals surface area contributed by atoms with Crippen molar-refractivity contribution in [2.45, 2.75) is 55.3 Å². The zero-order chi connectivity index (χ0) is 22.1. The highest BCUT2D eigenvalue weighted by Gasteiger charge is 2.56. The van der Waals surface area contributed by atoms with Crippen LogP contribution in [0.5, 0.6) is 0 Å². The Morgan fingerprint density at radius 2 is 1.83 bits per heavy atom. The molecule has 30 heavy (non-hydrogen) atoms. The minimum absolute atomic E-state index is 0.0163. The van der Waals surface area contributed by atoms with E-state index in [1.54, 1.807) is 19.1 Å². The van der Waals surface area contributed by atoms with Crippen LogP contribution in [0, 0.1) is 17.3 Å². The Morgan fingerprint density at radius 3 is 2.47 bits per heavy atom. The van der Waals surface area contributed by atoms with Crippen molar-refractivity contribution in [2.75, 3.05) is 6.26 Å². The van der Waals surface area contributed by atoms with Crippen molar-refractivity contribution in [3.63, 3.8) is 0 Å². The molecule has 166 valence electrons. The van der Waals surface area contributed by atoms with E-state index >= 15 is 0 Å². The van der Waals surface area contributed by atoms with Gasteiger partial charge in [-0.25, -0.2) is 8.42 Å². The molecular formula is C20H23F3O5S2. The van der Waals surface area contributed by atoms with Crippen molar-refractivity contribution in [2.24, 2.45) is 17.3 Å². The van der Waals surface area contributed by atoms with E-state index in [9.17, 15) is 30.0 Å². The highest BCUT2D eigenvalue weighted by Crippen LogP contribution is 2.61. The predicted octanol–water partition coefficient (Wildman–Crippen LogP) is 4.31. The lowest BCUT2D eigenvalue weighted by atomic mass is 9.55. The van der Waals surface area contributed by atoms with Crippen molar-refractivity contribution in [3.05, 3.63) is 41.2 Å². The van der Waals surface area contributed by atoms with Crippen molar-refractivity contribution in [3.8, 4) is 0 Å². The molecule has 4 rings (SSSR count). The zero-order valence-corrected chi connectivity index (χ0v) is 18.2. The fourth-order valence-corrected chi connectivity index (χ4v) is 6.87. The number of fused-ring (bicyclic) bond motifs is 5. The van der Waals surface area contributed by atoms with Gasteiger partial charge in [0.15, 0.2) is 9.84 Å². The monoisotopic (exact) mass is 464 g/mol. The van der Waals surface area contributed by atoms with E-state index in [-0.39, 0.29) is 28.4 Å². The molecule has 1 saturated carbocycles. The van der Waals surface area contributed by atoms with Crippen molar-refractivity contribution in [1.29, 1.82) is 0 Å². The van der Waals surface area contributed by atoms with Gasteiger partial charge < -0.3 is 4.18 Å². The molecule has 0 heterocycles. The van der Waals surface area contributed by atoms with Gasteiger partial charge in [0, 0.05) is 11.7 Å². The third-order valence-electron chi connectivity index (χ3n) is 7.12. The molecule has 0 N–H and O–H groups in total. The SMILES string of the molecule is C[C@]12CC[C@@H]3c4ccc(S(C)(=O)=O)cc4CC[C@H]3[C@@H]1CC=C2OS(=O)(=O)C(F)(F)F. The lowest BCUT2D eigenvalue weighted by molar-refractivity contribution is -0.0544. The quantitative estimate of drug-likeness (QED) is 0.492. The minimum Gasteiger partial charge on any atom is -0.380 e. The largest absolute Gasteiger partial charge is 0.534 e. The average molecular weight is 465 g/mol. The van der Waals surface area contributed by atoms with Gasteiger partial charge in [0.2, 0.25) is 0 Å². The number of allylic oxidation sites excluding steroid dienone is 2. The van der Waals surface area contributed by atoms with Crippen molar-refractivity contribution >= 4 is 20.0 Å². The lowest BCUT2D eigenvalue weighted by Crippen LogP contribution is -2.42. The van der Waals surface area contributed by atoms with Gasteiger partial charge in [-0.1, -0.05) is 13.0 Å². The summed E-state index contributed by atoms with van der Waals surface area (Å²) in [6, 6.07) is 5.20. The van der Waals surface area contributed by atoms with Crippen LogP contribution in [-0.2, 0) is 30.6 Å². The summed E-state index contributed by atoms with van der Waals surface area (Å²) in [7, 11) is -8.99. The molecule has 1 fully saturated rings. The van der Waals surface area contributed by atoms with E-state index in [1.165, 1.54) is 12.3 Å². The second-order valence-corrected chi connectivity index (χ2v) is 12.3. The molecule has 4 atom stereocenters. The maximum absolute atomic E-state index is 12.8. The van der Waals surface area contributed by atoms with Gasteiger partial charge in [-0.3, -0.25) is 0 Å². The molecule has 10 heteroatoms. The van der Waals surface area contributed by atoms with E-state index in [0.29, 0.717) is 25.7 Å². The Balaban J connectivity index is 1.61. The number of aryl methyl sites for hydroxylation is 1. The first-order valence-corrected chi connectivity index (χ1v) is 13.1. The number of sulfone groups is 1. The summed E-state index contributed by atoms with van der Waals surface area (Å²) >= 11 is 0. The topological polar surface area (TPSA) is 77.5 Å². The standard InChI is InChI=1S/C20H23F3O5S2/c1-19-10-9-15-14-6-4-13(29(2,24)25)11-12(14)3-5-16(15)17(19)7-8-18(19)28-30(26,27)20(21,22)23/h4,6,8,11,15-17H,3,5,7,9-10H2,1-2H3/t15-,16-,17+,19+/m1/s1. The number of hydrogen-bond acceptors (Lipinski definition) is 5. The van der Waals surface area contributed by atoms with Gasteiger partial charge in [0.05, 0.1) is 4.90 Å². The number of rotatable bonds is 3. The van der Waals surface area contributed by atoms with E-state index < -0.39 is 30.9 Å². The van der Waals surface area contributed by atoms with Crippen LogP contribution >= 0.6 is 0 Å². The van der Waals surface area contributed by atoms with E-state index in [4.69, 9.17) is 0 Å². The summed E-state index contributed by atoms with van der Waals surface area (Å²) in [5.74, 6) is 0.234. The Labute approximate surface area is 174 Å². The second kappa shape index (κ2) is 6.72. The summed E-state index contributed by atoms with van der Waals surface area (Å²) in [5, 5.41) is 0. The fourth-order valence-electron chi connectivity index (χ4n) is 5.61. The van der Waals surface area contributed by atoms with Gasteiger partial charge in [-0.2, -0.15) is 21.6 Å².